The van der Waals surface area contributed by atoms with Gasteiger partial charge in [-0.2, -0.15) is 0 Å². The Morgan fingerprint density at radius 1 is 1.04 bits per heavy atom. The number of nitro benzene ring substituents is 1. The molecule has 0 saturated heterocycles. The van der Waals surface area contributed by atoms with Crippen molar-refractivity contribution in [2.24, 2.45) is 0 Å². The van der Waals surface area contributed by atoms with Crippen LogP contribution in [0.15, 0.2) is 41.3 Å². The molecule has 0 N–H and O–H groups in total. The van der Waals surface area contributed by atoms with Gasteiger partial charge in [-0.3, -0.25) is 0 Å². The summed E-state index contributed by atoms with van der Waals surface area (Å²) >= 11 is -0.255. The van der Waals surface area contributed by atoms with Gasteiger partial charge in [0.05, 0.1) is 0 Å². The van der Waals surface area contributed by atoms with Crippen LogP contribution in [-0.2, 0) is 0 Å². The molecule has 28 heavy (non-hydrogen) atoms. The van der Waals surface area contributed by atoms with Crippen LogP contribution in [0, 0.1) is 10.1 Å². The first-order valence-electron chi connectivity index (χ1n) is 8.03. The predicted molar refractivity (Wildman–Crippen MR) is 103 cm³/mol. The van der Waals surface area contributed by atoms with Gasteiger partial charge in [0.25, 0.3) is 0 Å². The topological polar surface area (TPSA) is 101 Å². The van der Waals surface area contributed by atoms with E-state index in [2.05, 4.69) is 4.98 Å². The van der Waals surface area contributed by atoms with Crippen molar-refractivity contribution in [1.82, 2.24) is 4.98 Å². The summed E-state index contributed by atoms with van der Waals surface area (Å²) in [6.45, 7) is 0. The SMILES string of the molecule is COc1cc(C(=O)c2nc(-c3ccc([N+](=O)[O-])cc3)c[se]2)cc(OC)c1OC. The summed E-state index contributed by atoms with van der Waals surface area (Å²) in [7, 11) is 4.46. The number of non-ortho nitro benzene ring substituents is 1. The van der Waals surface area contributed by atoms with E-state index in [0.717, 1.165) is 5.56 Å². The molecule has 2 aromatic carbocycles. The Bertz CT molecular complexity index is 1000. The Kier molecular flexibility index (Phi) is 5.77. The third kappa shape index (κ3) is 3.76. The van der Waals surface area contributed by atoms with Crippen molar-refractivity contribution in [3.05, 3.63) is 61.6 Å². The van der Waals surface area contributed by atoms with E-state index in [9.17, 15) is 14.9 Å². The Hall–Kier alpha value is -3.16. The van der Waals surface area contributed by atoms with Crippen LogP contribution >= 0.6 is 0 Å². The number of carbonyl (C=O) groups excluding carboxylic acids is 1. The van der Waals surface area contributed by atoms with Crippen LogP contribution in [0.2, 0.25) is 0 Å². The monoisotopic (exact) mass is 448 g/mol. The van der Waals surface area contributed by atoms with Gasteiger partial charge in [-0.15, -0.1) is 0 Å². The zero-order valence-corrected chi connectivity index (χ0v) is 17.0. The van der Waals surface area contributed by atoms with Crippen molar-refractivity contribution in [2.75, 3.05) is 21.3 Å². The van der Waals surface area contributed by atoms with E-state index in [0.29, 0.717) is 33.1 Å². The molecule has 0 aliphatic carbocycles. The van der Waals surface area contributed by atoms with E-state index >= 15 is 0 Å². The second-order valence-electron chi connectivity index (χ2n) is 5.59. The Morgan fingerprint density at radius 3 is 2.14 bits per heavy atom. The molecule has 0 aliphatic rings. The van der Waals surface area contributed by atoms with Crippen LogP contribution in [0.5, 0.6) is 17.2 Å². The van der Waals surface area contributed by atoms with Crippen molar-refractivity contribution in [1.29, 1.82) is 0 Å². The molecule has 0 bridgehead atoms. The Labute approximate surface area is 166 Å². The van der Waals surface area contributed by atoms with Crippen LogP contribution < -0.4 is 14.2 Å². The van der Waals surface area contributed by atoms with E-state index in [1.54, 1.807) is 24.3 Å². The predicted octanol–water partition coefficient (Wildman–Crippen LogP) is 2.97. The number of benzene rings is 2. The standard InChI is InChI=1S/C19H16N2O6Se/c1-25-15-8-12(9-16(26-2)18(15)27-3)17(22)19-20-14(10-28-19)11-4-6-13(7-5-11)21(23)24/h4-10H,1-3H3. The number of nitro groups is 1. The van der Waals surface area contributed by atoms with Crippen molar-refractivity contribution in [3.63, 3.8) is 0 Å². The molecular weight excluding hydrogens is 431 g/mol. The molecule has 1 heterocycles. The van der Waals surface area contributed by atoms with Gasteiger partial charge in [-0.1, -0.05) is 0 Å². The number of ether oxygens (including phenoxy) is 3. The normalized spacial score (nSPS) is 10.4. The molecule has 0 aliphatic heterocycles. The minimum atomic E-state index is -0.459. The molecule has 144 valence electrons. The number of rotatable bonds is 7. The Morgan fingerprint density at radius 2 is 1.64 bits per heavy atom. The van der Waals surface area contributed by atoms with E-state index in [-0.39, 0.29) is 26.0 Å². The van der Waals surface area contributed by atoms with Gasteiger partial charge < -0.3 is 0 Å². The van der Waals surface area contributed by atoms with Gasteiger partial charge in [-0.05, 0) is 0 Å². The molecule has 0 spiro atoms. The average Bonchev–Trinajstić information content (AvgIpc) is 3.22. The van der Waals surface area contributed by atoms with Gasteiger partial charge in [-0.25, -0.2) is 0 Å². The van der Waals surface area contributed by atoms with Crippen molar-refractivity contribution in [2.45, 2.75) is 0 Å². The number of hydrogen-bond donors (Lipinski definition) is 0. The van der Waals surface area contributed by atoms with Gasteiger partial charge in [0, 0.05) is 0 Å². The summed E-state index contributed by atoms with van der Waals surface area (Å²) in [6, 6.07) is 9.25. The molecule has 3 aromatic rings. The van der Waals surface area contributed by atoms with Crippen LogP contribution in [0.1, 0.15) is 14.9 Å². The summed E-state index contributed by atoms with van der Waals surface area (Å²) < 4.78 is 16.3. The second-order valence-corrected chi connectivity index (χ2v) is 7.39. The molecule has 0 fully saturated rings. The fourth-order valence-corrected chi connectivity index (χ4v) is 4.25. The van der Waals surface area contributed by atoms with Gasteiger partial charge in [0.15, 0.2) is 0 Å². The average molecular weight is 447 g/mol. The first-order chi connectivity index (χ1) is 13.5. The summed E-state index contributed by atoms with van der Waals surface area (Å²) in [6.07, 6.45) is 0. The zero-order chi connectivity index (χ0) is 20.3. The second kappa shape index (κ2) is 8.24. The molecule has 1 aromatic heterocycles. The maximum atomic E-state index is 12.9. The third-order valence-corrected chi connectivity index (χ3v) is 5.76. The minimum absolute atomic E-state index is 0.00515. The number of nitrogens with zero attached hydrogens (tertiary/aromatic N) is 2. The van der Waals surface area contributed by atoms with Crippen LogP contribution in [0.3, 0.4) is 0 Å². The summed E-state index contributed by atoms with van der Waals surface area (Å²) in [5, 5.41) is 10.8. The van der Waals surface area contributed by atoms with E-state index < -0.39 is 4.92 Å². The number of carbonyl (C=O) groups is 1. The number of methoxy groups -OCH3 is 3. The number of aromatic nitrogens is 1. The molecule has 0 unspecified atom stereocenters. The summed E-state index contributed by atoms with van der Waals surface area (Å²) in [5.41, 5.74) is 1.74. The first-order valence-corrected chi connectivity index (χ1v) is 9.88. The first kappa shape index (κ1) is 19.6. The fraction of sp³-hybridized carbons (Fsp3) is 0.158. The van der Waals surface area contributed by atoms with Crippen LogP contribution in [0.25, 0.3) is 11.3 Å². The third-order valence-electron chi connectivity index (χ3n) is 4.00. The van der Waals surface area contributed by atoms with E-state index in [4.69, 9.17) is 14.2 Å². The van der Waals surface area contributed by atoms with Crippen LogP contribution in [-0.4, -0.2) is 51.5 Å². The van der Waals surface area contributed by atoms with Gasteiger partial charge in [0.1, 0.15) is 0 Å². The molecule has 0 radical (unpaired) electrons. The molecule has 0 amide bonds. The molecule has 0 atom stereocenters. The van der Waals surface area contributed by atoms with Crippen molar-refractivity contribution in [3.8, 4) is 28.5 Å². The molecule has 8 nitrogen and oxygen atoms in total. The van der Waals surface area contributed by atoms with Gasteiger partial charge >= 0.3 is 166 Å². The fourth-order valence-electron chi connectivity index (χ4n) is 2.60. The van der Waals surface area contributed by atoms with Crippen molar-refractivity contribution >= 4 is 26.0 Å². The van der Waals surface area contributed by atoms with Crippen molar-refractivity contribution < 1.29 is 23.9 Å². The number of hydrogen-bond acceptors (Lipinski definition) is 7. The maximum absolute atomic E-state index is 12.9. The number of ketones is 1. The summed E-state index contributed by atoms with van der Waals surface area (Å²) in [4.78, 5) is 29.5. The quantitative estimate of drug-likeness (QED) is 0.238. The van der Waals surface area contributed by atoms with Crippen LogP contribution in [0.4, 0.5) is 5.69 Å². The molecule has 9 heteroatoms. The molecule has 0 saturated carbocycles. The molecular formula is C19H16N2O6Se. The Balaban J connectivity index is 1.93. The van der Waals surface area contributed by atoms with E-state index in [1.807, 2.05) is 4.94 Å². The summed E-state index contributed by atoms with van der Waals surface area (Å²) in [5.74, 6) is 0.956. The van der Waals surface area contributed by atoms with E-state index in [1.165, 1.54) is 33.5 Å². The zero-order valence-electron chi connectivity index (χ0n) is 15.3. The molecule has 3 rings (SSSR count). The van der Waals surface area contributed by atoms with Gasteiger partial charge in [0.2, 0.25) is 0 Å².